The van der Waals surface area contributed by atoms with Crippen LogP contribution in [0, 0.1) is 0 Å². The van der Waals surface area contributed by atoms with E-state index < -0.39 is 18.1 Å². The van der Waals surface area contributed by atoms with Crippen molar-refractivity contribution in [2.75, 3.05) is 41.0 Å². The van der Waals surface area contributed by atoms with E-state index in [-0.39, 0.29) is 42.7 Å². The number of unbranched alkanes of at least 4 members (excludes halogenated alkanes) is 26. The highest BCUT2D eigenvalue weighted by molar-refractivity contribution is 5.70. The van der Waals surface area contributed by atoms with Crippen LogP contribution in [0.25, 0.3) is 0 Å². The molecule has 0 amide bonds. The molecule has 0 radical (unpaired) electrons. The second-order valence-corrected chi connectivity index (χ2v) is 18.4. The number of rotatable bonds is 46. The van der Waals surface area contributed by atoms with Gasteiger partial charge < -0.3 is 28.6 Å². The molecule has 2 unspecified atom stereocenters. The second kappa shape index (κ2) is 44.2. The highest BCUT2D eigenvalue weighted by Gasteiger charge is 2.25. The van der Waals surface area contributed by atoms with Crippen LogP contribution in [0.1, 0.15) is 232 Å². The standard InChI is InChI=1S/C53H97NO7/c1-6-8-10-12-14-16-18-20-22-24-25-26-27-28-30-32-34-36-38-40-42-44-52(56)61-49(47-59-46-45-50(53(57)58)54(3,4)5)48-60-51(55)43-41-39-37-35-33-31-29-23-21-19-17-15-13-11-9-7-2/h8,10,14,16,20,22,49-50H,6-7,9,11-13,15,17-19,21,23-48H2,1-5H3/b10-8+,16-14+,22-20+. The Labute approximate surface area is 376 Å². The van der Waals surface area contributed by atoms with E-state index >= 15 is 0 Å². The van der Waals surface area contributed by atoms with Gasteiger partial charge in [-0.25, -0.2) is 0 Å². The SMILES string of the molecule is CC/C=C/C/C=C/C/C=C/CCCCCCCCCCCCCC(=O)OC(COCCC(C(=O)[O-])[N+](C)(C)C)COC(=O)CCCCCCCCCCCCCCCCCC. The van der Waals surface area contributed by atoms with E-state index in [0.717, 1.165) is 57.8 Å². The molecule has 2 atom stereocenters. The van der Waals surface area contributed by atoms with E-state index in [1.165, 1.54) is 141 Å². The molecule has 0 N–H and O–H groups in total. The molecule has 0 aromatic carbocycles. The zero-order valence-corrected chi connectivity index (χ0v) is 40.6. The number of carboxylic acid groups (broad SMARTS) is 1. The number of allylic oxidation sites excluding steroid dienone is 6. The van der Waals surface area contributed by atoms with Crippen LogP contribution in [0.15, 0.2) is 36.5 Å². The van der Waals surface area contributed by atoms with Crippen LogP contribution in [0.5, 0.6) is 0 Å². The Balaban J connectivity index is 4.22. The normalized spacial score (nSPS) is 13.1. The first-order chi connectivity index (χ1) is 29.6. The minimum Gasteiger partial charge on any atom is -0.544 e. The van der Waals surface area contributed by atoms with Gasteiger partial charge >= 0.3 is 11.9 Å². The third kappa shape index (κ3) is 42.6. The predicted molar refractivity (Wildman–Crippen MR) is 254 cm³/mol. The summed E-state index contributed by atoms with van der Waals surface area (Å²) in [5.74, 6) is -1.72. The highest BCUT2D eigenvalue weighted by atomic mass is 16.6. The fraction of sp³-hybridized carbons (Fsp3) is 0.830. The minimum atomic E-state index is -1.12. The zero-order chi connectivity index (χ0) is 44.9. The number of carbonyl (C=O) groups excluding carboxylic acids is 3. The van der Waals surface area contributed by atoms with Gasteiger partial charge in [-0.2, -0.15) is 0 Å². The summed E-state index contributed by atoms with van der Waals surface area (Å²) in [5.41, 5.74) is 0. The molecule has 0 aliphatic rings. The van der Waals surface area contributed by atoms with Crippen LogP contribution in [-0.4, -0.2) is 75.5 Å². The van der Waals surface area contributed by atoms with Crippen LogP contribution in [0.2, 0.25) is 0 Å². The van der Waals surface area contributed by atoms with Gasteiger partial charge in [0.25, 0.3) is 0 Å². The molecule has 356 valence electrons. The summed E-state index contributed by atoms with van der Waals surface area (Å²) in [6.07, 6.45) is 51.7. The number of carbonyl (C=O) groups is 3. The number of nitrogens with zero attached hydrogens (tertiary/aromatic N) is 1. The lowest BCUT2D eigenvalue weighted by atomic mass is 10.0. The average Bonchev–Trinajstić information content (AvgIpc) is 3.22. The van der Waals surface area contributed by atoms with Gasteiger partial charge in [0.15, 0.2) is 6.10 Å². The summed E-state index contributed by atoms with van der Waals surface area (Å²) in [5, 5.41) is 11.7. The summed E-state index contributed by atoms with van der Waals surface area (Å²) >= 11 is 0. The van der Waals surface area contributed by atoms with E-state index in [0.29, 0.717) is 12.8 Å². The van der Waals surface area contributed by atoms with Crippen molar-refractivity contribution in [1.29, 1.82) is 0 Å². The van der Waals surface area contributed by atoms with Gasteiger partial charge in [0.2, 0.25) is 0 Å². The fourth-order valence-corrected chi connectivity index (χ4v) is 7.62. The largest absolute Gasteiger partial charge is 0.544 e. The lowest BCUT2D eigenvalue weighted by Gasteiger charge is -2.34. The lowest BCUT2D eigenvalue weighted by molar-refractivity contribution is -0.889. The summed E-state index contributed by atoms with van der Waals surface area (Å²) in [6, 6.07) is -0.725. The van der Waals surface area contributed by atoms with E-state index in [4.69, 9.17) is 14.2 Å². The number of hydrogen-bond donors (Lipinski definition) is 0. The Kier molecular flexibility index (Phi) is 42.4. The van der Waals surface area contributed by atoms with Gasteiger partial charge in [0.1, 0.15) is 12.6 Å². The molecule has 0 spiro atoms. The summed E-state index contributed by atoms with van der Waals surface area (Å²) in [6.45, 7) is 4.59. The Hall–Kier alpha value is -2.45. The Bertz CT molecular complexity index is 1090. The topological polar surface area (TPSA) is 102 Å². The van der Waals surface area contributed by atoms with E-state index in [1.807, 2.05) is 0 Å². The molecule has 0 aromatic heterocycles. The van der Waals surface area contributed by atoms with Gasteiger partial charge in [-0.05, 0) is 44.9 Å². The van der Waals surface area contributed by atoms with E-state index in [2.05, 4.69) is 50.3 Å². The maximum Gasteiger partial charge on any atom is 0.306 e. The third-order valence-corrected chi connectivity index (χ3v) is 11.5. The molecule has 0 rings (SSSR count). The Morgan fingerprint density at radius 2 is 0.918 bits per heavy atom. The molecule has 0 aliphatic heterocycles. The first-order valence-corrected chi connectivity index (χ1v) is 25.5. The van der Waals surface area contributed by atoms with Crippen molar-refractivity contribution in [3.05, 3.63) is 36.5 Å². The second-order valence-electron chi connectivity index (χ2n) is 18.4. The highest BCUT2D eigenvalue weighted by Crippen LogP contribution is 2.16. The van der Waals surface area contributed by atoms with Gasteiger partial charge in [-0.3, -0.25) is 9.59 Å². The van der Waals surface area contributed by atoms with Crippen molar-refractivity contribution >= 4 is 17.9 Å². The van der Waals surface area contributed by atoms with Crippen LogP contribution < -0.4 is 5.11 Å². The van der Waals surface area contributed by atoms with Crippen molar-refractivity contribution in [3.8, 4) is 0 Å². The van der Waals surface area contributed by atoms with Crippen LogP contribution in [0.4, 0.5) is 0 Å². The van der Waals surface area contributed by atoms with Crippen LogP contribution in [-0.2, 0) is 28.6 Å². The number of esters is 2. The van der Waals surface area contributed by atoms with Crippen LogP contribution >= 0.6 is 0 Å². The first-order valence-electron chi connectivity index (χ1n) is 25.5. The summed E-state index contributed by atoms with van der Waals surface area (Å²) < 4.78 is 17.3. The quantitative estimate of drug-likeness (QED) is 0.0260. The van der Waals surface area contributed by atoms with Crippen molar-refractivity contribution in [2.24, 2.45) is 0 Å². The molecule has 0 saturated heterocycles. The summed E-state index contributed by atoms with van der Waals surface area (Å²) in [7, 11) is 5.42. The molecular formula is C53H97NO7. The molecule has 8 heteroatoms. The molecule has 8 nitrogen and oxygen atoms in total. The number of quaternary nitrogens is 1. The molecule has 0 aromatic rings. The van der Waals surface area contributed by atoms with Crippen molar-refractivity contribution in [2.45, 2.75) is 244 Å². The minimum absolute atomic E-state index is 0.0431. The maximum atomic E-state index is 12.8. The number of carboxylic acids is 1. The molecule has 0 fully saturated rings. The van der Waals surface area contributed by atoms with Gasteiger partial charge in [0, 0.05) is 19.3 Å². The zero-order valence-electron chi connectivity index (χ0n) is 40.6. The van der Waals surface area contributed by atoms with Gasteiger partial charge in [-0.15, -0.1) is 0 Å². The number of likely N-dealkylation sites (N-methyl/N-ethyl adjacent to an activating group) is 1. The van der Waals surface area contributed by atoms with Crippen molar-refractivity contribution < 1.29 is 38.2 Å². The molecule has 0 heterocycles. The van der Waals surface area contributed by atoms with Gasteiger partial charge in [0.05, 0.1) is 40.3 Å². The fourth-order valence-electron chi connectivity index (χ4n) is 7.62. The van der Waals surface area contributed by atoms with Gasteiger partial charge in [-0.1, -0.05) is 204 Å². The molecule has 0 bridgehead atoms. The Morgan fingerprint density at radius 1 is 0.508 bits per heavy atom. The number of hydrogen-bond acceptors (Lipinski definition) is 7. The maximum absolute atomic E-state index is 12.8. The van der Waals surface area contributed by atoms with Crippen molar-refractivity contribution in [3.63, 3.8) is 0 Å². The first kappa shape index (κ1) is 58.6. The molecule has 61 heavy (non-hydrogen) atoms. The average molecular weight is 860 g/mol. The smallest absolute Gasteiger partial charge is 0.306 e. The van der Waals surface area contributed by atoms with E-state index in [9.17, 15) is 19.5 Å². The molecule has 0 aliphatic carbocycles. The molecule has 0 saturated carbocycles. The number of ether oxygens (including phenoxy) is 3. The predicted octanol–water partition coefficient (Wildman–Crippen LogP) is 13.3. The van der Waals surface area contributed by atoms with Crippen molar-refractivity contribution in [1.82, 2.24) is 0 Å². The number of aliphatic carboxylic acids is 1. The lowest BCUT2D eigenvalue weighted by Crippen LogP contribution is -2.55. The van der Waals surface area contributed by atoms with Crippen LogP contribution in [0.3, 0.4) is 0 Å². The Morgan fingerprint density at radius 3 is 1.36 bits per heavy atom. The summed E-state index contributed by atoms with van der Waals surface area (Å²) in [4.78, 5) is 37.0. The monoisotopic (exact) mass is 860 g/mol. The third-order valence-electron chi connectivity index (χ3n) is 11.5. The molecular weight excluding hydrogens is 763 g/mol. The van der Waals surface area contributed by atoms with E-state index in [1.54, 1.807) is 21.1 Å².